The Morgan fingerprint density at radius 2 is 1.74 bits per heavy atom. The third kappa shape index (κ3) is 4.55. The molecule has 7 nitrogen and oxygen atoms in total. The van der Waals surface area contributed by atoms with E-state index >= 15 is 0 Å². The molecule has 2 aliphatic heterocycles. The first-order valence-corrected chi connectivity index (χ1v) is 11.5. The van der Waals surface area contributed by atoms with Gasteiger partial charge in [-0.3, -0.25) is 9.59 Å². The van der Waals surface area contributed by atoms with Gasteiger partial charge in [0, 0.05) is 36.1 Å². The Morgan fingerprint density at radius 3 is 2.53 bits per heavy atom. The Kier molecular flexibility index (Phi) is 6.08. The van der Waals surface area contributed by atoms with Crippen molar-refractivity contribution >= 4 is 28.9 Å². The van der Waals surface area contributed by atoms with E-state index in [9.17, 15) is 9.59 Å². The molecule has 0 spiro atoms. The first-order valence-electron chi connectivity index (χ1n) is 11.5. The summed E-state index contributed by atoms with van der Waals surface area (Å²) in [7, 11) is 0. The van der Waals surface area contributed by atoms with Crippen LogP contribution in [-0.2, 0) is 9.59 Å². The number of hydrogen-bond acceptors (Lipinski definition) is 5. The lowest BCUT2D eigenvalue weighted by Crippen LogP contribution is -2.35. The summed E-state index contributed by atoms with van der Waals surface area (Å²) in [5.74, 6) is 1.30. The van der Waals surface area contributed by atoms with E-state index in [1.165, 1.54) is 0 Å². The van der Waals surface area contributed by atoms with Crippen molar-refractivity contribution in [2.24, 2.45) is 0 Å². The number of carbonyl (C=O) groups is 2. The number of nitrogens with zero attached hydrogens (tertiary/aromatic N) is 1. The maximum atomic E-state index is 13.4. The highest BCUT2D eigenvalue weighted by molar-refractivity contribution is 5.98. The van der Waals surface area contributed by atoms with Gasteiger partial charge in [0.1, 0.15) is 6.04 Å². The number of hydrogen-bond donors (Lipinski definition) is 2. The third-order valence-electron chi connectivity index (χ3n) is 6.16. The van der Waals surface area contributed by atoms with Gasteiger partial charge in [0.25, 0.3) is 5.91 Å². The molecule has 3 aromatic carbocycles. The molecule has 0 aliphatic carbocycles. The Hall–Kier alpha value is -4.00. The average Bonchev–Trinajstić information content (AvgIpc) is 3.32. The standard InChI is InChI=1S/C27H27N3O4/c1-18-15-20(10-12-22(18)30-14-6-5-9-25(30)31)29-27(32)26(19-7-3-2-4-8-19)28-21-11-13-23-24(16-21)34-17-33-23/h2-4,7-8,10-13,15-16,26,28H,5-6,9,14,17H2,1H3,(H,29,32). The van der Waals surface area contributed by atoms with Crippen LogP contribution in [0.25, 0.3) is 0 Å². The van der Waals surface area contributed by atoms with Crippen LogP contribution in [0.1, 0.15) is 36.4 Å². The minimum atomic E-state index is -0.620. The van der Waals surface area contributed by atoms with E-state index in [1.807, 2.05) is 78.6 Å². The molecule has 0 saturated carbocycles. The number of benzene rings is 3. The van der Waals surface area contributed by atoms with Gasteiger partial charge in [-0.1, -0.05) is 30.3 Å². The largest absolute Gasteiger partial charge is 0.454 e. The lowest BCUT2D eigenvalue weighted by atomic mass is 10.0. The van der Waals surface area contributed by atoms with Gasteiger partial charge in [0.15, 0.2) is 11.5 Å². The number of nitrogens with one attached hydrogen (secondary N) is 2. The second-order valence-corrected chi connectivity index (χ2v) is 8.55. The summed E-state index contributed by atoms with van der Waals surface area (Å²) in [4.78, 5) is 27.6. The van der Waals surface area contributed by atoms with Crippen LogP contribution in [0.2, 0.25) is 0 Å². The number of carbonyl (C=O) groups excluding carboxylic acids is 2. The number of piperidine rings is 1. The fourth-order valence-corrected chi connectivity index (χ4v) is 4.41. The molecule has 2 aliphatic rings. The molecule has 0 radical (unpaired) electrons. The molecule has 2 heterocycles. The summed E-state index contributed by atoms with van der Waals surface area (Å²) in [5, 5.41) is 6.36. The van der Waals surface area contributed by atoms with Crippen molar-refractivity contribution in [3.05, 3.63) is 77.9 Å². The van der Waals surface area contributed by atoms with E-state index < -0.39 is 6.04 Å². The SMILES string of the molecule is Cc1cc(NC(=O)C(Nc2ccc3c(c2)OCO3)c2ccccc2)ccc1N1CCCCC1=O. The second-order valence-electron chi connectivity index (χ2n) is 8.55. The van der Waals surface area contributed by atoms with Crippen molar-refractivity contribution in [3.8, 4) is 11.5 Å². The lowest BCUT2D eigenvalue weighted by molar-refractivity contribution is -0.119. The van der Waals surface area contributed by atoms with Gasteiger partial charge in [0.2, 0.25) is 12.7 Å². The van der Waals surface area contributed by atoms with Crippen LogP contribution >= 0.6 is 0 Å². The summed E-state index contributed by atoms with van der Waals surface area (Å²) in [5.41, 5.74) is 4.13. The molecule has 3 aromatic rings. The third-order valence-corrected chi connectivity index (χ3v) is 6.16. The summed E-state index contributed by atoms with van der Waals surface area (Å²) >= 11 is 0. The van der Waals surface area contributed by atoms with Crippen molar-refractivity contribution in [3.63, 3.8) is 0 Å². The fraction of sp³-hybridized carbons (Fsp3) is 0.259. The van der Waals surface area contributed by atoms with Gasteiger partial charge in [-0.25, -0.2) is 0 Å². The summed E-state index contributed by atoms with van der Waals surface area (Å²) < 4.78 is 10.9. The smallest absolute Gasteiger partial charge is 0.251 e. The van der Waals surface area contributed by atoms with Crippen LogP contribution in [0.5, 0.6) is 11.5 Å². The Morgan fingerprint density at radius 1 is 0.941 bits per heavy atom. The number of ether oxygens (including phenoxy) is 2. The molecule has 2 N–H and O–H groups in total. The molecule has 2 amide bonds. The van der Waals surface area contributed by atoms with Crippen molar-refractivity contribution < 1.29 is 19.1 Å². The van der Waals surface area contributed by atoms with E-state index in [-0.39, 0.29) is 18.6 Å². The van der Waals surface area contributed by atoms with E-state index in [1.54, 1.807) is 0 Å². The van der Waals surface area contributed by atoms with E-state index in [2.05, 4.69) is 10.6 Å². The van der Waals surface area contributed by atoms with Gasteiger partial charge in [-0.05, 0) is 61.2 Å². The van der Waals surface area contributed by atoms with Crippen molar-refractivity contribution in [1.82, 2.24) is 0 Å². The number of fused-ring (bicyclic) bond motifs is 1. The van der Waals surface area contributed by atoms with Crippen LogP contribution in [0.15, 0.2) is 66.7 Å². The highest BCUT2D eigenvalue weighted by Gasteiger charge is 2.24. The maximum Gasteiger partial charge on any atom is 0.251 e. The van der Waals surface area contributed by atoms with Gasteiger partial charge in [0.05, 0.1) is 0 Å². The highest BCUT2D eigenvalue weighted by atomic mass is 16.7. The van der Waals surface area contributed by atoms with Gasteiger partial charge < -0.3 is 25.0 Å². The number of aryl methyl sites for hydroxylation is 1. The van der Waals surface area contributed by atoms with E-state index in [0.29, 0.717) is 23.6 Å². The van der Waals surface area contributed by atoms with Crippen molar-refractivity contribution in [2.75, 3.05) is 28.9 Å². The van der Waals surface area contributed by atoms with Gasteiger partial charge in [-0.2, -0.15) is 0 Å². The molecule has 0 aromatic heterocycles. The van der Waals surface area contributed by atoms with Crippen LogP contribution in [0.3, 0.4) is 0 Å². The zero-order valence-electron chi connectivity index (χ0n) is 19.0. The zero-order chi connectivity index (χ0) is 23.5. The van der Waals surface area contributed by atoms with Gasteiger partial charge in [-0.15, -0.1) is 0 Å². The molecule has 7 heteroatoms. The maximum absolute atomic E-state index is 13.4. The van der Waals surface area contributed by atoms with Gasteiger partial charge >= 0.3 is 0 Å². The Bertz CT molecular complexity index is 1210. The number of amides is 2. The molecule has 174 valence electrons. The molecule has 34 heavy (non-hydrogen) atoms. The highest BCUT2D eigenvalue weighted by Crippen LogP contribution is 2.35. The fourth-order valence-electron chi connectivity index (χ4n) is 4.41. The summed E-state index contributed by atoms with van der Waals surface area (Å²) in [6.45, 7) is 2.90. The summed E-state index contributed by atoms with van der Waals surface area (Å²) in [6.07, 6.45) is 2.54. The Balaban J connectivity index is 1.36. The first-order chi connectivity index (χ1) is 16.6. The van der Waals surface area contributed by atoms with Crippen LogP contribution in [-0.4, -0.2) is 25.2 Å². The number of rotatable bonds is 6. The van der Waals surface area contributed by atoms with E-state index in [4.69, 9.17) is 9.47 Å². The minimum Gasteiger partial charge on any atom is -0.454 e. The van der Waals surface area contributed by atoms with Crippen LogP contribution < -0.4 is 25.0 Å². The topological polar surface area (TPSA) is 79.9 Å². The van der Waals surface area contributed by atoms with Crippen LogP contribution in [0.4, 0.5) is 17.1 Å². The average molecular weight is 458 g/mol. The molecule has 1 atom stereocenters. The normalized spacial score (nSPS) is 15.7. The quantitative estimate of drug-likeness (QED) is 0.543. The lowest BCUT2D eigenvalue weighted by Gasteiger charge is -2.28. The monoisotopic (exact) mass is 457 g/mol. The first kappa shape index (κ1) is 21.8. The molecule has 1 unspecified atom stereocenters. The molecule has 5 rings (SSSR count). The van der Waals surface area contributed by atoms with E-state index in [0.717, 1.165) is 41.9 Å². The molecule has 1 fully saturated rings. The van der Waals surface area contributed by atoms with Crippen molar-refractivity contribution in [1.29, 1.82) is 0 Å². The van der Waals surface area contributed by atoms with Crippen LogP contribution in [0, 0.1) is 6.92 Å². The molecule has 1 saturated heterocycles. The summed E-state index contributed by atoms with van der Waals surface area (Å²) in [6, 6.07) is 20.2. The molecular formula is C27H27N3O4. The van der Waals surface area contributed by atoms with Crippen molar-refractivity contribution in [2.45, 2.75) is 32.2 Å². The zero-order valence-corrected chi connectivity index (χ0v) is 19.0. The Labute approximate surface area is 198 Å². The predicted molar refractivity (Wildman–Crippen MR) is 131 cm³/mol. The minimum absolute atomic E-state index is 0.156. The molecule has 0 bridgehead atoms. The molecular weight excluding hydrogens is 430 g/mol. The predicted octanol–water partition coefficient (Wildman–Crippen LogP) is 5.03. The number of anilines is 3. The second kappa shape index (κ2) is 9.47.